The first-order chi connectivity index (χ1) is 9.52. The highest BCUT2D eigenvalue weighted by Gasteiger charge is 2.43. The summed E-state index contributed by atoms with van der Waals surface area (Å²) in [5, 5.41) is 11.8. The molecule has 1 aliphatic heterocycles. The molecule has 0 bridgehead atoms. The van der Waals surface area contributed by atoms with Crippen molar-refractivity contribution in [1.82, 2.24) is 5.32 Å². The van der Waals surface area contributed by atoms with Gasteiger partial charge in [0, 0.05) is 29.2 Å². The van der Waals surface area contributed by atoms with Crippen LogP contribution in [0.2, 0.25) is 0 Å². The predicted octanol–water partition coefficient (Wildman–Crippen LogP) is 1.74. The molecular weight excluding hydrogens is 278 g/mol. The van der Waals surface area contributed by atoms with Crippen LogP contribution >= 0.6 is 11.3 Å². The van der Waals surface area contributed by atoms with E-state index in [1.54, 1.807) is 11.3 Å². The molecule has 0 radical (unpaired) electrons. The molecule has 2 N–H and O–H groups in total. The molecular formula is C14H19NO4S. The molecule has 0 aromatic carbocycles. The molecule has 1 unspecified atom stereocenters. The van der Waals surface area contributed by atoms with Crippen molar-refractivity contribution in [3.8, 4) is 0 Å². The Morgan fingerprint density at radius 3 is 2.85 bits per heavy atom. The molecule has 1 amide bonds. The van der Waals surface area contributed by atoms with Gasteiger partial charge < -0.3 is 15.2 Å². The second-order valence-electron chi connectivity index (χ2n) is 5.10. The molecule has 0 saturated carbocycles. The van der Waals surface area contributed by atoms with E-state index in [-0.39, 0.29) is 12.5 Å². The van der Waals surface area contributed by atoms with Crippen molar-refractivity contribution in [2.45, 2.75) is 38.1 Å². The Hall–Kier alpha value is -1.40. The lowest BCUT2D eigenvalue weighted by atomic mass is 9.98. The standard InChI is InChI=1S/C14H19NO4S/c1-10-5-6-11(20-10)3-2-4-12(16)15-14(13(17)18)7-8-19-9-14/h5-6H,2-4,7-9H2,1H3,(H,15,16)(H,17,18). The number of carboxylic acids is 1. The maximum absolute atomic E-state index is 11.9. The molecule has 20 heavy (non-hydrogen) atoms. The van der Waals surface area contributed by atoms with E-state index in [0.29, 0.717) is 19.4 Å². The Labute approximate surface area is 121 Å². The van der Waals surface area contributed by atoms with Crippen LogP contribution in [0.5, 0.6) is 0 Å². The summed E-state index contributed by atoms with van der Waals surface area (Å²) in [5.74, 6) is -1.23. The van der Waals surface area contributed by atoms with Crippen LogP contribution in [-0.4, -0.2) is 35.7 Å². The van der Waals surface area contributed by atoms with Gasteiger partial charge in [0.15, 0.2) is 5.54 Å². The summed E-state index contributed by atoms with van der Waals surface area (Å²) in [6.45, 7) is 2.48. The normalized spacial score (nSPS) is 21.9. The fourth-order valence-electron chi connectivity index (χ4n) is 2.26. The first kappa shape index (κ1) is 15.0. The lowest BCUT2D eigenvalue weighted by Gasteiger charge is -2.23. The van der Waals surface area contributed by atoms with Crippen LogP contribution in [0.15, 0.2) is 12.1 Å². The Kier molecular flexibility index (Phi) is 4.77. The molecule has 6 heteroatoms. The van der Waals surface area contributed by atoms with Crippen molar-refractivity contribution < 1.29 is 19.4 Å². The van der Waals surface area contributed by atoms with E-state index in [9.17, 15) is 14.7 Å². The molecule has 110 valence electrons. The van der Waals surface area contributed by atoms with E-state index < -0.39 is 11.5 Å². The maximum atomic E-state index is 11.9. The minimum atomic E-state index is -1.23. The number of hydrogen-bond acceptors (Lipinski definition) is 4. The second-order valence-corrected chi connectivity index (χ2v) is 6.48. The minimum Gasteiger partial charge on any atom is -0.479 e. The quantitative estimate of drug-likeness (QED) is 0.838. The Balaban J connectivity index is 1.78. The average Bonchev–Trinajstić information content (AvgIpc) is 2.99. The van der Waals surface area contributed by atoms with Crippen LogP contribution in [0.3, 0.4) is 0 Å². The average molecular weight is 297 g/mol. The number of ether oxygens (including phenoxy) is 1. The number of hydrogen-bond donors (Lipinski definition) is 2. The van der Waals surface area contributed by atoms with Crippen LogP contribution in [0, 0.1) is 6.92 Å². The van der Waals surface area contributed by atoms with E-state index >= 15 is 0 Å². The molecule has 1 fully saturated rings. The third kappa shape index (κ3) is 3.58. The third-order valence-electron chi connectivity index (χ3n) is 3.43. The van der Waals surface area contributed by atoms with Crippen molar-refractivity contribution in [3.63, 3.8) is 0 Å². The number of aryl methyl sites for hydroxylation is 2. The number of carboxylic acid groups (broad SMARTS) is 1. The highest BCUT2D eigenvalue weighted by molar-refractivity contribution is 7.11. The number of rotatable bonds is 6. The topological polar surface area (TPSA) is 75.6 Å². The number of nitrogens with one attached hydrogen (secondary N) is 1. The lowest BCUT2D eigenvalue weighted by molar-refractivity contribution is -0.147. The molecule has 1 aliphatic rings. The molecule has 0 aliphatic carbocycles. The Morgan fingerprint density at radius 1 is 1.50 bits per heavy atom. The van der Waals surface area contributed by atoms with Crippen LogP contribution in [0.4, 0.5) is 0 Å². The molecule has 1 atom stereocenters. The third-order valence-corrected chi connectivity index (χ3v) is 4.49. The zero-order valence-electron chi connectivity index (χ0n) is 11.5. The van der Waals surface area contributed by atoms with Gasteiger partial charge in [-0.25, -0.2) is 4.79 Å². The van der Waals surface area contributed by atoms with E-state index in [4.69, 9.17) is 4.74 Å². The molecule has 0 spiro atoms. The fourth-order valence-corrected chi connectivity index (χ4v) is 3.19. The summed E-state index contributed by atoms with van der Waals surface area (Å²) in [5.41, 5.74) is -1.23. The van der Waals surface area contributed by atoms with Gasteiger partial charge in [-0.1, -0.05) is 0 Å². The number of amides is 1. The van der Waals surface area contributed by atoms with Crippen LogP contribution in [0.1, 0.15) is 29.0 Å². The van der Waals surface area contributed by atoms with Crippen molar-refractivity contribution in [2.75, 3.05) is 13.2 Å². The molecule has 1 saturated heterocycles. The second kappa shape index (κ2) is 6.37. The first-order valence-corrected chi connectivity index (χ1v) is 7.51. The van der Waals surface area contributed by atoms with Gasteiger partial charge in [-0.2, -0.15) is 0 Å². The zero-order valence-corrected chi connectivity index (χ0v) is 12.3. The summed E-state index contributed by atoms with van der Waals surface area (Å²) in [6, 6.07) is 4.14. The Bertz CT molecular complexity index is 491. The number of carbonyl (C=O) groups excluding carboxylic acids is 1. The monoisotopic (exact) mass is 297 g/mol. The van der Waals surface area contributed by atoms with Gasteiger partial charge in [0.05, 0.1) is 6.61 Å². The van der Waals surface area contributed by atoms with Gasteiger partial charge >= 0.3 is 5.97 Å². The van der Waals surface area contributed by atoms with Gasteiger partial charge in [-0.3, -0.25) is 4.79 Å². The largest absolute Gasteiger partial charge is 0.479 e. The van der Waals surface area contributed by atoms with E-state index in [1.165, 1.54) is 9.75 Å². The van der Waals surface area contributed by atoms with Gasteiger partial charge in [0.25, 0.3) is 0 Å². The van der Waals surface area contributed by atoms with Crippen LogP contribution in [-0.2, 0) is 20.7 Å². The SMILES string of the molecule is Cc1ccc(CCCC(=O)NC2(C(=O)O)CCOC2)s1. The lowest BCUT2D eigenvalue weighted by Crippen LogP contribution is -2.55. The van der Waals surface area contributed by atoms with Crippen molar-refractivity contribution in [3.05, 3.63) is 21.9 Å². The van der Waals surface area contributed by atoms with Gasteiger partial charge in [0.1, 0.15) is 0 Å². The highest BCUT2D eigenvalue weighted by Crippen LogP contribution is 2.20. The molecule has 1 aromatic rings. The summed E-state index contributed by atoms with van der Waals surface area (Å²) in [4.78, 5) is 25.7. The molecule has 2 heterocycles. The van der Waals surface area contributed by atoms with Crippen molar-refractivity contribution in [1.29, 1.82) is 0 Å². The molecule has 2 rings (SSSR count). The summed E-state index contributed by atoms with van der Waals surface area (Å²) < 4.78 is 5.11. The number of aliphatic carboxylic acids is 1. The highest BCUT2D eigenvalue weighted by atomic mass is 32.1. The van der Waals surface area contributed by atoms with Crippen molar-refractivity contribution in [2.24, 2.45) is 0 Å². The van der Waals surface area contributed by atoms with E-state index in [0.717, 1.165) is 12.8 Å². The van der Waals surface area contributed by atoms with E-state index in [1.807, 2.05) is 0 Å². The fraction of sp³-hybridized carbons (Fsp3) is 0.571. The van der Waals surface area contributed by atoms with Crippen LogP contribution < -0.4 is 5.32 Å². The maximum Gasteiger partial charge on any atom is 0.331 e. The summed E-state index contributed by atoms with van der Waals surface area (Å²) >= 11 is 1.73. The number of thiophene rings is 1. The smallest absolute Gasteiger partial charge is 0.331 e. The summed E-state index contributed by atoms with van der Waals surface area (Å²) in [6.07, 6.45) is 2.25. The van der Waals surface area contributed by atoms with Crippen molar-refractivity contribution >= 4 is 23.2 Å². The molecule has 1 aromatic heterocycles. The minimum absolute atomic E-state index is 0.0538. The predicted molar refractivity (Wildman–Crippen MR) is 75.9 cm³/mol. The first-order valence-electron chi connectivity index (χ1n) is 6.69. The van der Waals surface area contributed by atoms with Gasteiger partial charge in [-0.15, -0.1) is 11.3 Å². The Morgan fingerprint density at radius 2 is 2.30 bits per heavy atom. The van der Waals surface area contributed by atoms with Gasteiger partial charge in [-0.05, 0) is 31.9 Å². The summed E-state index contributed by atoms with van der Waals surface area (Å²) in [7, 11) is 0. The van der Waals surface area contributed by atoms with Crippen LogP contribution in [0.25, 0.3) is 0 Å². The van der Waals surface area contributed by atoms with Gasteiger partial charge in [0.2, 0.25) is 5.91 Å². The number of carbonyl (C=O) groups is 2. The van der Waals surface area contributed by atoms with E-state index in [2.05, 4.69) is 24.4 Å². The molecule has 5 nitrogen and oxygen atoms in total. The zero-order chi connectivity index (χ0) is 14.6.